The van der Waals surface area contributed by atoms with Crippen molar-refractivity contribution in [3.8, 4) is 0 Å². The van der Waals surface area contributed by atoms with E-state index in [1.807, 2.05) is 48.5 Å². The fraction of sp³-hybridized carbons (Fsp3) is 0.222. The van der Waals surface area contributed by atoms with Crippen molar-refractivity contribution in [3.05, 3.63) is 71.8 Å². The molecule has 0 radical (unpaired) electrons. The molecule has 2 aromatic carbocycles. The second-order valence-electron chi connectivity index (χ2n) is 5.18. The zero-order valence-electron chi connectivity index (χ0n) is 12.9. The van der Waals surface area contributed by atoms with Crippen LogP contribution >= 0.6 is 0 Å². The van der Waals surface area contributed by atoms with Crippen molar-refractivity contribution in [2.45, 2.75) is 18.6 Å². The molecule has 23 heavy (non-hydrogen) atoms. The number of benzene rings is 2. The zero-order chi connectivity index (χ0) is 16.7. The Morgan fingerprint density at radius 2 is 1.61 bits per heavy atom. The van der Waals surface area contributed by atoms with E-state index in [9.17, 15) is 9.59 Å². The third kappa shape index (κ3) is 4.66. The van der Waals surface area contributed by atoms with Crippen molar-refractivity contribution in [3.63, 3.8) is 0 Å². The van der Waals surface area contributed by atoms with Crippen molar-refractivity contribution in [1.82, 2.24) is 5.32 Å². The minimum Gasteiger partial charge on any atom is -0.368 e. The number of nitrogens with two attached hydrogens (primary N) is 1. The van der Waals surface area contributed by atoms with E-state index in [2.05, 4.69) is 5.32 Å². The van der Waals surface area contributed by atoms with E-state index in [0.29, 0.717) is 6.42 Å². The van der Waals surface area contributed by atoms with Crippen molar-refractivity contribution < 1.29 is 14.3 Å². The lowest BCUT2D eigenvalue weighted by atomic mass is 10.0. The van der Waals surface area contributed by atoms with Gasteiger partial charge >= 0.3 is 0 Å². The summed E-state index contributed by atoms with van der Waals surface area (Å²) in [4.78, 5) is 24.1. The molecule has 3 N–H and O–H groups in total. The fourth-order valence-electron chi connectivity index (χ4n) is 2.34. The highest BCUT2D eigenvalue weighted by molar-refractivity contribution is 5.89. The zero-order valence-corrected chi connectivity index (χ0v) is 12.9. The highest BCUT2D eigenvalue weighted by Gasteiger charge is 2.25. The van der Waals surface area contributed by atoms with Crippen LogP contribution in [-0.2, 0) is 20.7 Å². The molecule has 5 nitrogen and oxygen atoms in total. The predicted molar refractivity (Wildman–Crippen MR) is 87.5 cm³/mol. The van der Waals surface area contributed by atoms with E-state index in [0.717, 1.165) is 11.1 Å². The molecule has 120 valence electrons. The topological polar surface area (TPSA) is 81.4 Å². The summed E-state index contributed by atoms with van der Waals surface area (Å²) in [7, 11) is 1.45. The van der Waals surface area contributed by atoms with Gasteiger partial charge in [-0.1, -0.05) is 60.7 Å². The highest BCUT2D eigenvalue weighted by atomic mass is 16.5. The first kappa shape index (κ1) is 16.7. The second-order valence-corrected chi connectivity index (χ2v) is 5.18. The third-order valence-electron chi connectivity index (χ3n) is 3.52. The second kappa shape index (κ2) is 8.10. The summed E-state index contributed by atoms with van der Waals surface area (Å²) in [6, 6.07) is 17.7. The van der Waals surface area contributed by atoms with Crippen molar-refractivity contribution >= 4 is 11.8 Å². The molecule has 0 aliphatic carbocycles. The molecule has 0 heterocycles. The molecule has 0 saturated heterocycles. The summed E-state index contributed by atoms with van der Waals surface area (Å²) < 4.78 is 5.26. The normalized spacial score (nSPS) is 13.1. The molecule has 5 heteroatoms. The van der Waals surface area contributed by atoms with Crippen LogP contribution in [-0.4, -0.2) is 25.0 Å². The van der Waals surface area contributed by atoms with Crippen molar-refractivity contribution in [1.29, 1.82) is 0 Å². The predicted octanol–water partition coefficient (Wildman–Crippen LogP) is 1.59. The number of carbonyl (C=O) groups is 2. The number of ether oxygens (including phenoxy) is 1. The summed E-state index contributed by atoms with van der Waals surface area (Å²) in [6.07, 6.45) is -0.443. The van der Waals surface area contributed by atoms with Gasteiger partial charge in [0.05, 0.1) is 0 Å². The smallest absolute Gasteiger partial charge is 0.254 e. The molecular weight excluding hydrogens is 292 g/mol. The first-order chi connectivity index (χ1) is 11.1. The van der Waals surface area contributed by atoms with Crippen molar-refractivity contribution in [2.24, 2.45) is 5.73 Å². The number of hydrogen-bond donors (Lipinski definition) is 2. The number of rotatable bonds is 7. The molecule has 0 aliphatic rings. The summed E-state index contributed by atoms with van der Waals surface area (Å²) in [5.41, 5.74) is 7.06. The summed E-state index contributed by atoms with van der Waals surface area (Å²) >= 11 is 0. The third-order valence-corrected chi connectivity index (χ3v) is 3.52. The van der Waals surface area contributed by atoms with Crippen LogP contribution in [0.1, 0.15) is 17.2 Å². The average Bonchev–Trinajstić information content (AvgIpc) is 2.57. The Labute approximate surface area is 135 Å². The van der Waals surface area contributed by atoms with E-state index in [1.54, 1.807) is 12.1 Å². The molecule has 0 fully saturated rings. The van der Waals surface area contributed by atoms with E-state index < -0.39 is 24.0 Å². The van der Waals surface area contributed by atoms with Crippen LogP contribution in [0.5, 0.6) is 0 Å². The summed E-state index contributed by atoms with van der Waals surface area (Å²) in [5.74, 6) is -0.969. The molecule has 2 aromatic rings. The number of nitrogens with one attached hydrogen (secondary N) is 1. The van der Waals surface area contributed by atoms with Gasteiger partial charge < -0.3 is 15.8 Å². The first-order valence-corrected chi connectivity index (χ1v) is 7.33. The van der Waals surface area contributed by atoms with Gasteiger partial charge in [0, 0.05) is 13.5 Å². The molecule has 0 aliphatic heterocycles. The minimum atomic E-state index is -0.786. The molecule has 0 saturated carbocycles. The molecule has 2 amide bonds. The number of amides is 2. The quantitative estimate of drug-likeness (QED) is 0.814. The number of methoxy groups -OCH3 is 1. The van der Waals surface area contributed by atoms with Gasteiger partial charge in [0.2, 0.25) is 5.91 Å². The van der Waals surface area contributed by atoms with Crippen LogP contribution in [0, 0.1) is 0 Å². The Kier molecular flexibility index (Phi) is 5.88. The first-order valence-electron chi connectivity index (χ1n) is 7.33. The molecule has 0 unspecified atom stereocenters. The van der Waals surface area contributed by atoms with E-state index in [4.69, 9.17) is 10.5 Å². The maximum atomic E-state index is 12.4. The van der Waals surface area contributed by atoms with Gasteiger partial charge in [-0.15, -0.1) is 0 Å². The lowest BCUT2D eigenvalue weighted by Gasteiger charge is -2.20. The molecule has 0 spiro atoms. The van der Waals surface area contributed by atoms with Gasteiger partial charge in [0.25, 0.3) is 5.91 Å². The van der Waals surface area contributed by atoms with Crippen LogP contribution in [0.25, 0.3) is 0 Å². The standard InChI is InChI=1S/C18H20N2O3/c1-23-16(14-10-6-3-7-11-14)18(22)20-15(17(19)21)12-13-8-4-2-5-9-13/h2-11,15-16H,12H2,1H3,(H2,19,21)(H,20,22)/t15-,16-/m0/s1. The van der Waals surface area contributed by atoms with Crippen LogP contribution in [0.4, 0.5) is 0 Å². The molecule has 2 atom stereocenters. The summed E-state index contributed by atoms with van der Waals surface area (Å²) in [6.45, 7) is 0. The Hall–Kier alpha value is -2.66. The van der Waals surface area contributed by atoms with E-state index >= 15 is 0 Å². The summed E-state index contributed by atoms with van der Waals surface area (Å²) in [5, 5.41) is 2.68. The van der Waals surface area contributed by atoms with Crippen LogP contribution in [0.15, 0.2) is 60.7 Å². The van der Waals surface area contributed by atoms with Crippen LogP contribution < -0.4 is 11.1 Å². The Balaban J connectivity index is 2.09. The number of primary amides is 1. The average molecular weight is 312 g/mol. The minimum absolute atomic E-state index is 0.340. The van der Waals surface area contributed by atoms with Gasteiger partial charge in [-0.3, -0.25) is 9.59 Å². The highest BCUT2D eigenvalue weighted by Crippen LogP contribution is 2.16. The van der Waals surface area contributed by atoms with Gasteiger partial charge in [-0.2, -0.15) is 0 Å². The van der Waals surface area contributed by atoms with Gasteiger partial charge in [0.1, 0.15) is 6.04 Å². The van der Waals surface area contributed by atoms with E-state index in [-0.39, 0.29) is 0 Å². The maximum Gasteiger partial charge on any atom is 0.254 e. The Morgan fingerprint density at radius 1 is 1.04 bits per heavy atom. The van der Waals surface area contributed by atoms with Gasteiger partial charge in [-0.05, 0) is 11.1 Å². The van der Waals surface area contributed by atoms with Crippen LogP contribution in [0.3, 0.4) is 0 Å². The van der Waals surface area contributed by atoms with E-state index in [1.165, 1.54) is 7.11 Å². The SMILES string of the molecule is CO[C@H](C(=O)N[C@@H](Cc1ccccc1)C(N)=O)c1ccccc1. The largest absolute Gasteiger partial charge is 0.368 e. The lowest BCUT2D eigenvalue weighted by Crippen LogP contribution is -2.47. The van der Waals surface area contributed by atoms with Gasteiger partial charge in [-0.25, -0.2) is 0 Å². The lowest BCUT2D eigenvalue weighted by molar-refractivity contribution is -0.134. The number of carbonyl (C=O) groups excluding carboxylic acids is 2. The molecule has 0 bridgehead atoms. The molecule has 0 aromatic heterocycles. The number of hydrogen-bond acceptors (Lipinski definition) is 3. The molecular formula is C18H20N2O3. The van der Waals surface area contributed by atoms with Crippen LogP contribution in [0.2, 0.25) is 0 Å². The van der Waals surface area contributed by atoms with Crippen molar-refractivity contribution in [2.75, 3.05) is 7.11 Å². The Morgan fingerprint density at radius 3 is 2.13 bits per heavy atom. The monoisotopic (exact) mass is 312 g/mol. The Bertz CT molecular complexity index is 644. The molecule has 2 rings (SSSR count). The maximum absolute atomic E-state index is 12.4. The fourth-order valence-corrected chi connectivity index (χ4v) is 2.34. The van der Waals surface area contributed by atoms with Gasteiger partial charge in [0.15, 0.2) is 6.10 Å².